The summed E-state index contributed by atoms with van der Waals surface area (Å²) in [5, 5.41) is 9.94. The van der Waals surface area contributed by atoms with Gasteiger partial charge in [0.1, 0.15) is 6.04 Å². The van der Waals surface area contributed by atoms with E-state index in [1.807, 2.05) is 38.1 Å². The second kappa shape index (κ2) is 11.9. The van der Waals surface area contributed by atoms with Gasteiger partial charge in [-0.1, -0.05) is 42.5 Å². The SMILES string of the molecule is CCOC(=O)C1CN(Cc2ccc(-c3ccc(C(C)(O)C(F)(F)F)cc3)c(C)c2)CCN1Cc1ccncc1. The summed E-state index contributed by atoms with van der Waals surface area (Å²) in [6.07, 6.45) is -1.27. The maximum absolute atomic E-state index is 13.2. The largest absolute Gasteiger partial charge is 0.465 e. The summed E-state index contributed by atoms with van der Waals surface area (Å²) in [5.74, 6) is -0.226. The molecule has 6 nitrogen and oxygen atoms in total. The van der Waals surface area contributed by atoms with Crippen LogP contribution in [0.25, 0.3) is 11.1 Å². The van der Waals surface area contributed by atoms with E-state index in [2.05, 4.69) is 20.9 Å². The first kappa shape index (κ1) is 28.7. The van der Waals surface area contributed by atoms with E-state index < -0.39 is 11.8 Å². The Morgan fingerprint density at radius 3 is 2.33 bits per heavy atom. The lowest BCUT2D eigenvalue weighted by molar-refractivity contribution is -0.258. The third-order valence-electron chi connectivity index (χ3n) is 7.28. The lowest BCUT2D eigenvalue weighted by Gasteiger charge is -2.40. The van der Waals surface area contributed by atoms with Gasteiger partial charge in [0.05, 0.1) is 6.61 Å². The van der Waals surface area contributed by atoms with Gasteiger partial charge >= 0.3 is 12.1 Å². The molecule has 0 amide bonds. The summed E-state index contributed by atoms with van der Waals surface area (Å²) in [4.78, 5) is 21.3. The zero-order valence-corrected chi connectivity index (χ0v) is 22.4. The van der Waals surface area contributed by atoms with Crippen molar-refractivity contribution >= 4 is 5.97 Å². The van der Waals surface area contributed by atoms with Crippen LogP contribution in [0.1, 0.15) is 36.1 Å². The summed E-state index contributed by atoms with van der Waals surface area (Å²) >= 11 is 0. The highest BCUT2D eigenvalue weighted by Crippen LogP contribution is 2.39. The highest BCUT2D eigenvalue weighted by molar-refractivity contribution is 5.76. The minimum absolute atomic E-state index is 0.202. The van der Waals surface area contributed by atoms with E-state index in [-0.39, 0.29) is 17.6 Å². The molecule has 39 heavy (non-hydrogen) atoms. The van der Waals surface area contributed by atoms with Gasteiger partial charge in [-0.15, -0.1) is 0 Å². The topological polar surface area (TPSA) is 65.9 Å². The molecule has 9 heteroatoms. The Morgan fingerprint density at radius 2 is 1.72 bits per heavy atom. The van der Waals surface area contributed by atoms with E-state index in [1.54, 1.807) is 24.5 Å². The average Bonchev–Trinajstić information content (AvgIpc) is 2.90. The van der Waals surface area contributed by atoms with Crippen LogP contribution in [-0.4, -0.2) is 64.3 Å². The molecule has 208 valence electrons. The Kier molecular flexibility index (Phi) is 8.73. The molecule has 0 radical (unpaired) electrons. The van der Waals surface area contributed by atoms with Crippen molar-refractivity contribution in [3.05, 3.63) is 89.2 Å². The lowest BCUT2D eigenvalue weighted by atomic mass is 9.92. The van der Waals surface area contributed by atoms with E-state index in [0.29, 0.717) is 26.2 Å². The molecule has 1 aliphatic heterocycles. The number of benzene rings is 2. The van der Waals surface area contributed by atoms with Crippen LogP contribution in [0.5, 0.6) is 0 Å². The van der Waals surface area contributed by atoms with E-state index in [4.69, 9.17) is 4.74 Å². The van der Waals surface area contributed by atoms with Crippen LogP contribution in [0.15, 0.2) is 67.0 Å². The van der Waals surface area contributed by atoms with Gasteiger partial charge in [0, 0.05) is 45.1 Å². The summed E-state index contributed by atoms with van der Waals surface area (Å²) < 4.78 is 44.9. The molecule has 1 fully saturated rings. The number of carbonyl (C=O) groups is 1. The Labute approximate surface area is 227 Å². The Hall–Kier alpha value is -3.27. The van der Waals surface area contributed by atoms with Gasteiger partial charge in [0.15, 0.2) is 5.60 Å². The number of nitrogens with zero attached hydrogens (tertiary/aromatic N) is 3. The number of aromatic nitrogens is 1. The normalized spacial score (nSPS) is 18.5. The number of hydrogen-bond donors (Lipinski definition) is 1. The maximum Gasteiger partial charge on any atom is 0.421 e. The number of aliphatic hydroxyl groups is 1. The number of piperazine rings is 1. The van der Waals surface area contributed by atoms with Gasteiger partial charge in [-0.3, -0.25) is 19.6 Å². The predicted molar refractivity (Wildman–Crippen MR) is 143 cm³/mol. The van der Waals surface area contributed by atoms with E-state index >= 15 is 0 Å². The minimum atomic E-state index is -4.76. The van der Waals surface area contributed by atoms with Crippen LogP contribution in [0, 0.1) is 6.92 Å². The molecule has 2 atom stereocenters. The number of ether oxygens (including phenoxy) is 1. The number of esters is 1. The molecular weight excluding hydrogens is 507 g/mol. The summed E-state index contributed by atoms with van der Waals surface area (Å²) in [6.45, 7) is 8.22. The second-order valence-corrected chi connectivity index (χ2v) is 10.1. The molecule has 1 N–H and O–H groups in total. The van der Waals surface area contributed by atoms with Gasteiger partial charge < -0.3 is 9.84 Å². The minimum Gasteiger partial charge on any atom is -0.465 e. The van der Waals surface area contributed by atoms with E-state index in [9.17, 15) is 23.1 Å². The fraction of sp³-hybridized carbons (Fsp3) is 0.400. The van der Waals surface area contributed by atoms with Crippen molar-refractivity contribution in [1.29, 1.82) is 0 Å². The van der Waals surface area contributed by atoms with Gasteiger partial charge in [-0.2, -0.15) is 13.2 Å². The van der Waals surface area contributed by atoms with Crippen LogP contribution in [0.4, 0.5) is 13.2 Å². The number of alkyl halides is 3. The van der Waals surface area contributed by atoms with Gasteiger partial charge in [0.25, 0.3) is 0 Å². The van der Waals surface area contributed by atoms with Crippen molar-refractivity contribution in [1.82, 2.24) is 14.8 Å². The fourth-order valence-electron chi connectivity index (χ4n) is 4.94. The zero-order chi connectivity index (χ0) is 28.2. The number of carbonyl (C=O) groups excluding carboxylic acids is 1. The van der Waals surface area contributed by atoms with Crippen molar-refractivity contribution in [2.24, 2.45) is 0 Å². The number of pyridine rings is 1. The molecule has 4 rings (SSSR count). The highest BCUT2D eigenvalue weighted by Gasteiger charge is 2.51. The Morgan fingerprint density at radius 1 is 1.03 bits per heavy atom. The Balaban J connectivity index is 1.45. The molecule has 0 aliphatic carbocycles. The summed E-state index contributed by atoms with van der Waals surface area (Å²) in [5.41, 5.74) is 1.73. The Bertz CT molecular complexity index is 1260. The molecule has 2 unspecified atom stereocenters. The van der Waals surface area contributed by atoms with Crippen molar-refractivity contribution in [3.8, 4) is 11.1 Å². The highest BCUT2D eigenvalue weighted by atomic mass is 19.4. The number of hydrogen-bond acceptors (Lipinski definition) is 6. The fourth-order valence-corrected chi connectivity index (χ4v) is 4.94. The molecule has 2 aromatic carbocycles. The number of halogens is 3. The van der Waals surface area contributed by atoms with Crippen LogP contribution >= 0.6 is 0 Å². The summed E-state index contributed by atoms with van der Waals surface area (Å²) in [6, 6.07) is 15.4. The third kappa shape index (κ3) is 6.66. The lowest BCUT2D eigenvalue weighted by Crippen LogP contribution is -2.56. The monoisotopic (exact) mass is 541 g/mol. The quantitative estimate of drug-likeness (QED) is 0.402. The smallest absolute Gasteiger partial charge is 0.421 e. The maximum atomic E-state index is 13.2. The molecule has 0 saturated carbocycles. The van der Waals surface area contributed by atoms with Crippen LogP contribution in [0.2, 0.25) is 0 Å². The van der Waals surface area contributed by atoms with E-state index in [0.717, 1.165) is 47.8 Å². The van der Waals surface area contributed by atoms with Gasteiger partial charge in [-0.25, -0.2) is 0 Å². The first-order chi connectivity index (χ1) is 18.5. The third-order valence-corrected chi connectivity index (χ3v) is 7.28. The zero-order valence-electron chi connectivity index (χ0n) is 22.4. The standard InChI is InChI=1S/C30H34F3N3O3/c1-4-39-28(37)27-20-35(15-16-36(27)19-22-11-13-34-14-12-22)18-23-5-10-26(21(2)17-23)24-6-8-25(9-7-24)29(3,38)30(31,32)33/h5-14,17,27,38H,4,15-16,18-20H2,1-3H3. The van der Waals surface area contributed by atoms with Gasteiger partial charge in [-0.05, 0) is 66.3 Å². The van der Waals surface area contributed by atoms with Crippen LogP contribution in [-0.2, 0) is 28.2 Å². The summed E-state index contributed by atoms with van der Waals surface area (Å²) in [7, 11) is 0. The first-order valence-electron chi connectivity index (χ1n) is 13.0. The second-order valence-electron chi connectivity index (χ2n) is 10.1. The molecule has 1 aliphatic rings. The molecular formula is C30H34F3N3O3. The van der Waals surface area contributed by atoms with Crippen molar-refractivity contribution in [2.45, 2.75) is 51.7 Å². The average molecular weight is 542 g/mol. The van der Waals surface area contributed by atoms with Crippen LogP contribution in [0.3, 0.4) is 0 Å². The molecule has 0 bridgehead atoms. The number of rotatable bonds is 8. The number of aryl methyl sites for hydroxylation is 1. The molecule has 0 spiro atoms. The van der Waals surface area contributed by atoms with Crippen molar-refractivity contribution in [3.63, 3.8) is 0 Å². The molecule has 3 aromatic rings. The first-order valence-corrected chi connectivity index (χ1v) is 13.0. The van der Waals surface area contributed by atoms with Crippen molar-refractivity contribution in [2.75, 3.05) is 26.2 Å². The molecule has 1 aromatic heterocycles. The molecule has 1 saturated heterocycles. The molecule has 2 heterocycles. The predicted octanol–water partition coefficient (Wildman–Crippen LogP) is 5.08. The van der Waals surface area contributed by atoms with Crippen molar-refractivity contribution < 1.29 is 27.8 Å². The van der Waals surface area contributed by atoms with E-state index in [1.165, 1.54) is 12.1 Å². The van der Waals surface area contributed by atoms with Crippen LogP contribution < -0.4 is 0 Å². The van der Waals surface area contributed by atoms with Gasteiger partial charge in [0.2, 0.25) is 0 Å².